The molecule has 0 atom stereocenters. The van der Waals surface area contributed by atoms with E-state index in [4.69, 9.17) is 11.6 Å². The number of aromatic nitrogens is 1. The van der Waals surface area contributed by atoms with E-state index >= 15 is 0 Å². The van der Waals surface area contributed by atoms with E-state index in [1.54, 1.807) is 22.7 Å². The molecule has 142 valence electrons. The van der Waals surface area contributed by atoms with Gasteiger partial charge < -0.3 is 4.90 Å². The fourth-order valence-corrected chi connectivity index (χ4v) is 5.27. The maximum absolute atomic E-state index is 12.9. The molecule has 1 aromatic carbocycles. The topological polar surface area (TPSA) is 36.4 Å². The lowest BCUT2D eigenvalue weighted by atomic mass is 10.1. The highest BCUT2D eigenvalue weighted by Crippen LogP contribution is 2.29. The zero-order valence-electron chi connectivity index (χ0n) is 15.3. The Balaban J connectivity index is 1.38. The van der Waals surface area contributed by atoms with Crippen LogP contribution in [0, 0.1) is 6.92 Å². The van der Waals surface area contributed by atoms with Gasteiger partial charge in [-0.05, 0) is 47.9 Å². The van der Waals surface area contributed by atoms with Gasteiger partial charge in [0.15, 0.2) is 0 Å². The fourth-order valence-electron chi connectivity index (χ4n) is 3.55. The minimum Gasteiger partial charge on any atom is -0.341 e. The summed E-state index contributed by atoms with van der Waals surface area (Å²) in [6, 6.07) is 5.90. The summed E-state index contributed by atoms with van der Waals surface area (Å²) in [5, 5.41) is 7.16. The zero-order valence-corrected chi connectivity index (χ0v) is 17.7. The summed E-state index contributed by atoms with van der Waals surface area (Å²) < 4.78 is 1.18. The van der Waals surface area contributed by atoms with E-state index in [-0.39, 0.29) is 5.91 Å². The van der Waals surface area contributed by atoms with Gasteiger partial charge >= 0.3 is 0 Å². The SMILES string of the molecule is Cc1nc(CN2CCCN(C(=O)Cc3csc4ccc(Cl)cc34)CC2)cs1. The van der Waals surface area contributed by atoms with E-state index in [1.165, 1.54) is 4.70 Å². The van der Waals surface area contributed by atoms with Gasteiger partial charge in [-0.2, -0.15) is 0 Å². The number of thiophene rings is 1. The van der Waals surface area contributed by atoms with Crippen LogP contribution < -0.4 is 0 Å². The molecule has 0 saturated carbocycles. The largest absolute Gasteiger partial charge is 0.341 e. The van der Waals surface area contributed by atoms with Crippen LogP contribution in [0.3, 0.4) is 0 Å². The van der Waals surface area contributed by atoms with Crippen LogP contribution in [-0.4, -0.2) is 46.9 Å². The van der Waals surface area contributed by atoms with Crippen molar-refractivity contribution in [2.45, 2.75) is 26.3 Å². The molecule has 7 heteroatoms. The van der Waals surface area contributed by atoms with E-state index in [9.17, 15) is 4.79 Å². The third-order valence-electron chi connectivity index (χ3n) is 4.95. The summed E-state index contributed by atoms with van der Waals surface area (Å²) in [7, 11) is 0. The Hall–Kier alpha value is -1.47. The summed E-state index contributed by atoms with van der Waals surface area (Å²) >= 11 is 9.51. The molecule has 1 amide bonds. The van der Waals surface area contributed by atoms with Gasteiger partial charge in [0.1, 0.15) is 0 Å². The fraction of sp³-hybridized carbons (Fsp3) is 0.400. The molecule has 0 radical (unpaired) electrons. The average Bonchev–Trinajstić information content (AvgIpc) is 3.14. The number of hydrogen-bond acceptors (Lipinski definition) is 5. The number of carbonyl (C=O) groups excluding carboxylic acids is 1. The van der Waals surface area contributed by atoms with Crippen LogP contribution >= 0.6 is 34.3 Å². The number of halogens is 1. The normalized spacial score (nSPS) is 16.0. The minimum absolute atomic E-state index is 0.209. The minimum atomic E-state index is 0.209. The van der Waals surface area contributed by atoms with Crippen LogP contribution in [-0.2, 0) is 17.8 Å². The molecule has 0 aliphatic carbocycles. The summed E-state index contributed by atoms with van der Waals surface area (Å²) in [4.78, 5) is 21.9. The molecule has 2 aromatic heterocycles. The first kappa shape index (κ1) is 18.9. The van der Waals surface area contributed by atoms with Crippen LogP contribution in [0.4, 0.5) is 0 Å². The Morgan fingerprint density at radius 2 is 2.07 bits per heavy atom. The number of hydrogen-bond donors (Lipinski definition) is 0. The molecule has 1 fully saturated rings. The van der Waals surface area contributed by atoms with Crippen molar-refractivity contribution in [3.63, 3.8) is 0 Å². The third kappa shape index (κ3) is 4.51. The Morgan fingerprint density at radius 1 is 1.19 bits per heavy atom. The van der Waals surface area contributed by atoms with Crippen LogP contribution in [0.15, 0.2) is 29.0 Å². The highest BCUT2D eigenvalue weighted by molar-refractivity contribution is 7.17. The van der Waals surface area contributed by atoms with Gasteiger partial charge in [-0.15, -0.1) is 22.7 Å². The monoisotopic (exact) mass is 419 g/mol. The lowest BCUT2D eigenvalue weighted by Crippen LogP contribution is -2.36. The van der Waals surface area contributed by atoms with Gasteiger partial charge in [0.2, 0.25) is 5.91 Å². The molecular formula is C20H22ClN3OS2. The lowest BCUT2D eigenvalue weighted by molar-refractivity contribution is -0.130. The first-order valence-corrected chi connectivity index (χ1v) is 11.3. The summed E-state index contributed by atoms with van der Waals surface area (Å²) in [6.07, 6.45) is 1.46. The molecule has 1 aliphatic heterocycles. The predicted molar refractivity (Wildman–Crippen MR) is 114 cm³/mol. The lowest BCUT2D eigenvalue weighted by Gasteiger charge is -2.21. The second kappa shape index (κ2) is 8.27. The predicted octanol–water partition coefficient (Wildman–Crippen LogP) is 4.60. The van der Waals surface area contributed by atoms with Crippen LogP contribution in [0.5, 0.6) is 0 Å². The zero-order chi connectivity index (χ0) is 18.8. The molecule has 1 aliphatic rings. The standard InChI is InChI=1S/C20H22ClN3OS2/c1-14-22-17(13-26-14)11-23-5-2-6-24(8-7-23)20(25)9-15-12-27-19-4-3-16(21)10-18(15)19/h3-4,10,12-13H,2,5-9,11H2,1H3. The number of benzene rings is 1. The van der Waals surface area contributed by atoms with Gasteiger partial charge in [-0.3, -0.25) is 9.69 Å². The Bertz CT molecular complexity index is 952. The first-order chi connectivity index (χ1) is 13.1. The summed E-state index contributed by atoms with van der Waals surface area (Å²) in [6.45, 7) is 6.44. The second-order valence-corrected chi connectivity index (χ2v) is 9.36. The molecule has 1 saturated heterocycles. The molecule has 0 bridgehead atoms. The van der Waals surface area contributed by atoms with E-state index < -0.39 is 0 Å². The number of nitrogens with zero attached hydrogens (tertiary/aromatic N) is 3. The number of rotatable bonds is 4. The molecule has 3 heterocycles. The second-order valence-electron chi connectivity index (χ2n) is 6.95. The van der Waals surface area contributed by atoms with Gasteiger partial charge in [0.25, 0.3) is 0 Å². The van der Waals surface area contributed by atoms with E-state index in [0.717, 1.165) is 65.8 Å². The van der Waals surface area contributed by atoms with Crippen molar-refractivity contribution in [2.24, 2.45) is 0 Å². The van der Waals surface area contributed by atoms with Crippen molar-refractivity contribution in [1.29, 1.82) is 0 Å². The molecule has 3 aromatic rings. The highest BCUT2D eigenvalue weighted by atomic mass is 35.5. The van der Waals surface area contributed by atoms with Gasteiger partial charge in [0.05, 0.1) is 17.1 Å². The Morgan fingerprint density at radius 3 is 2.89 bits per heavy atom. The maximum Gasteiger partial charge on any atom is 0.227 e. The van der Waals surface area contributed by atoms with Crippen molar-refractivity contribution in [2.75, 3.05) is 26.2 Å². The van der Waals surface area contributed by atoms with Crippen LogP contribution in [0.2, 0.25) is 5.02 Å². The number of thiazole rings is 1. The van der Waals surface area contributed by atoms with E-state index in [2.05, 4.69) is 20.6 Å². The van der Waals surface area contributed by atoms with Crippen molar-refractivity contribution >= 4 is 50.3 Å². The van der Waals surface area contributed by atoms with Crippen LogP contribution in [0.1, 0.15) is 22.7 Å². The Labute approximate surface area is 172 Å². The summed E-state index contributed by atoms with van der Waals surface area (Å²) in [5.41, 5.74) is 2.22. The Kier molecular flexibility index (Phi) is 5.78. The van der Waals surface area contributed by atoms with Crippen molar-refractivity contribution in [1.82, 2.24) is 14.8 Å². The first-order valence-electron chi connectivity index (χ1n) is 9.15. The van der Waals surface area contributed by atoms with Gasteiger partial charge in [-0.1, -0.05) is 11.6 Å². The van der Waals surface area contributed by atoms with Crippen molar-refractivity contribution in [3.05, 3.63) is 50.2 Å². The maximum atomic E-state index is 12.9. The number of aryl methyl sites for hydroxylation is 1. The van der Waals surface area contributed by atoms with E-state index in [1.807, 2.05) is 30.0 Å². The number of amides is 1. The molecule has 0 N–H and O–H groups in total. The molecule has 4 rings (SSSR count). The quantitative estimate of drug-likeness (QED) is 0.620. The van der Waals surface area contributed by atoms with Gasteiger partial charge in [0, 0.05) is 47.8 Å². The average molecular weight is 420 g/mol. The highest BCUT2D eigenvalue weighted by Gasteiger charge is 2.21. The molecule has 27 heavy (non-hydrogen) atoms. The van der Waals surface area contributed by atoms with Gasteiger partial charge in [-0.25, -0.2) is 4.98 Å². The summed E-state index contributed by atoms with van der Waals surface area (Å²) in [5.74, 6) is 0.209. The van der Waals surface area contributed by atoms with Crippen molar-refractivity contribution < 1.29 is 4.79 Å². The van der Waals surface area contributed by atoms with Crippen LogP contribution in [0.25, 0.3) is 10.1 Å². The smallest absolute Gasteiger partial charge is 0.227 e. The van der Waals surface area contributed by atoms with E-state index in [0.29, 0.717) is 6.42 Å². The molecular weight excluding hydrogens is 398 g/mol. The molecule has 4 nitrogen and oxygen atoms in total. The number of fused-ring (bicyclic) bond motifs is 1. The molecule has 0 unspecified atom stereocenters. The molecule has 0 spiro atoms. The number of carbonyl (C=O) groups is 1. The third-order valence-corrected chi connectivity index (χ3v) is 7.02. The van der Waals surface area contributed by atoms with Crippen molar-refractivity contribution in [3.8, 4) is 0 Å².